The van der Waals surface area contributed by atoms with Gasteiger partial charge in [0.25, 0.3) is 0 Å². The molecule has 0 amide bonds. The van der Waals surface area contributed by atoms with Crippen molar-refractivity contribution in [3.8, 4) is 0 Å². The Labute approximate surface area is 126 Å². The van der Waals surface area contributed by atoms with Crippen LogP contribution in [0.25, 0.3) is 0 Å². The van der Waals surface area contributed by atoms with E-state index < -0.39 is 6.10 Å². The van der Waals surface area contributed by atoms with Gasteiger partial charge < -0.3 is 5.11 Å². The lowest BCUT2D eigenvalue weighted by molar-refractivity contribution is 0.177. The highest BCUT2D eigenvalue weighted by Gasteiger charge is 2.15. The van der Waals surface area contributed by atoms with Crippen molar-refractivity contribution < 1.29 is 9.50 Å². The van der Waals surface area contributed by atoms with Crippen molar-refractivity contribution in [1.82, 2.24) is 0 Å². The fourth-order valence-corrected chi connectivity index (χ4v) is 3.47. The molecule has 1 aliphatic carbocycles. The second kappa shape index (κ2) is 5.66. The number of fused-ring (bicyclic) bond motifs is 1. The maximum atomic E-state index is 13.1. The summed E-state index contributed by atoms with van der Waals surface area (Å²) in [5.41, 5.74) is 4.71. The Bertz CT molecular complexity index is 639. The van der Waals surface area contributed by atoms with Gasteiger partial charge in [-0.3, -0.25) is 0 Å². The van der Waals surface area contributed by atoms with Crippen LogP contribution in [0, 0.1) is 5.82 Å². The van der Waals surface area contributed by atoms with E-state index in [1.807, 2.05) is 0 Å². The number of aliphatic hydroxyl groups excluding tert-OH is 1. The smallest absolute Gasteiger partial charge is 0.124 e. The first-order valence-electron chi connectivity index (χ1n) is 6.87. The van der Waals surface area contributed by atoms with Gasteiger partial charge in [-0.25, -0.2) is 4.39 Å². The molecule has 1 nitrogen and oxygen atoms in total. The quantitative estimate of drug-likeness (QED) is 0.884. The summed E-state index contributed by atoms with van der Waals surface area (Å²) in [5.74, 6) is -0.301. The third kappa shape index (κ3) is 2.79. The highest BCUT2D eigenvalue weighted by Crippen LogP contribution is 2.29. The van der Waals surface area contributed by atoms with Crippen LogP contribution in [-0.4, -0.2) is 5.11 Å². The van der Waals surface area contributed by atoms with Gasteiger partial charge in [0.2, 0.25) is 0 Å². The molecular formula is C17H16BrFO. The van der Waals surface area contributed by atoms with Crippen molar-refractivity contribution in [1.29, 1.82) is 0 Å². The Morgan fingerprint density at radius 2 is 1.90 bits per heavy atom. The van der Waals surface area contributed by atoms with Crippen LogP contribution in [0.3, 0.4) is 0 Å². The number of aryl methyl sites for hydroxylation is 2. The number of rotatable bonds is 3. The molecule has 3 rings (SSSR count). The number of hydrogen-bond acceptors (Lipinski definition) is 1. The fraction of sp³-hybridized carbons (Fsp3) is 0.294. The molecule has 0 aromatic heterocycles. The Morgan fingerprint density at radius 1 is 1.10 bits per heavy atom. The lowest BCUT2D eigenvalue weighted by Gasteiger charge is -2.14. The van der Waals surface area contributed by atoms with E-state index in [0.29, 0.717) is 10.9 Å². The fourth-order valence-electron chi connectivity index (χ4n) is 2.86. The molecule has 1 N–H and O–H groups in total. The zero-order valence-corrected chi connectivity index (χ0v) is 12.7. The summed E-state index contributed by atoms with van der Waals surface area (Å²) in [6, 6.07) is 10.9. The van der Waals surface area contributed by atoms with Gasteiger partial charge in [0.05, 0.1) is 6.10 Å². The van der Waals surface area contributed by atoms with Gasteiger partial charge in [-0.1, -0.05) is 40.2 Å². The highest BCUT2D eigenvalue weighted by molar-refractivity contribution is 9.10. The summed E-state index contributed by atoms with van der Waals surface area (Å²) in [6.07, 6.45) is 3.47. The molecule has 0 saturated carbocycles. The predicted molar refractivity (Wildman–Crippen MR) is 81.2 cm³/mol. The molecule has 0 aliphatic heterocycles. The van der Waals surface area contributed by atoms with E-state index in [0.717, 1.165) is 17.5 Å². The Kier molecular flexibility index (Phi) is 3.90. The number of benzene rings is 2. The molecule has 3 heteroatoms. The van der Waals surface area contributed by atoms with E-state index in [-0.39, 0.29) is 5.82 Å². The lowest BCUT2D eigenvalue weighted by Crippen LogP contribution is -2.03. The molecule has 20 heavy (non-hydrogen) atoms. The van der Waals surface area contributed by atoms with E-state index >= 15 is 0 Å². The first-order valence-corrected chi connectivity index (χ1v) is 7.66. The van der Waals surface area contributed by atoms with E-state index in [1.54, 1.807) is 6.07 Å². The van der Waals surface area contributed by atoms with Crippen LogP contribution >= 0.6 is 15.9 Å². The topological polar surface area (TPSA) is 20.2 Å². The van der Waals surface area contributed by atoms with Crippen molar-refractivity contribution in [3.05, 3.63) is 68.9 Å². The zero-order chi connectivity index (χ0) is 14.1. The third-order valence-electron chi connectivity index (χ3n) is 3.91. The first-order chi connectivity index (χ1) is 9.63. The second-order valence-electron chi connectivity index (χ2n) is 5.34. The van der Waals surface area contributed by atoms with Crippen LogP contribution in [0.4, 0.5) is 4.39 Å². The van der Waals surface area contributed by atoms with Crippen molar-refractivity contribution in [2.45, 2.75) is 31.8 Å². The maximum absolute atomic E-state index is 13.1. The molecule has 2 aromatic carbocycles. The molecule has 0 fully saturated rings. The van der Waals surface area contributed by atoms with Crippen LogP contribution in [0.1, 0.15) is 34.8 Å². The van der Waals surface area contributed by atoms with Gasteiger partial charge in [-0.05, 0) is 53.6 Å². The summed E-state index contributed by atoms with van der Waals surface area (Å²) < 4.78 is 13.7. The summed E-state index contributed by atoms with van der Waals surface area (Å²) >= 11 is 3.31. The molecule has 1 atom stereocenters. The van der Waals surface area contributed by atoms with E-state index in [9.17, 15) is 9.50 Å². The SMILES string of the molecule is OC(Cc1ccc2c(c1)CCC2)c1ccc(F)cc1Br. The van der Waals surface area contributed by atoms with Crippen LogP contribution < -0.4 is 0 Å². The maximum Gasteiger partial charge on any atom is 0.124 e. The molecule has 0 saturated heterocycles. The van der Waals surface area contributed by atoms with Crippen LogP contribution in [0.2, 0.25) is 0 Å². The normalized spacial score (nSPS) is 15.2. The summed E-state index contributed by atoms with van der Waals surface area (Å²) in [5, 5.41) is 10.3. The zero-order valence-electron chi connectivity index (χ0n) is 11.1. The number of halogens is 2. The summed E-state index contributed by atoms with van der Waals surface area (Å²) in [6.45, 7) is 0. The van der Waals surface area contributed by atoms with Crippen molar-refractivity contribution in [2.24, 2.45) is 0 Å². The molecule has 0 heterocycles. The Balaban J connectivity index is 1.80. The van der Waals surface area contributed by atoms with Gasteiger partial charge >= 0.3 is 0 Å². The minimum Gasteiger partial charge on any atom is -0.388 e. The van der Waals surface area contributed by atoms with Gasteiger partial charge in [0.15, 0.2) is 0 Å². The number of aliphatic hydroxyl groups is 1. The molecular weight excluding hydrogens is 319 g/mol. The predicted octanol–water partition coefficient (Wildman–Crippen LogP) is 4.35. The van der Waals surface area contributed by atoms with Crippen molar-refractivity contribution in [3.63, 3.8) is 0 Å². The first kappa shape index (κ1) is 13.8. The van der Waals surface area contributed by atoms with Crippen molar-refractivity contribution >= 4 is 15.9 Å². The number of hydrogen-bond donors (Lipinski definition) is 1. The monoisotopic (exact) mass is 334 g/mol. The van der Waals surface area contributed by atoms with Gasteiger partial charge in [0, 0.05) is 10.9 Å². The highest BCUT2D eigenvalue weighted by atomic mass is 79.9. The van der Waals surface area contributed by atoms with Gasteiger partial charge in [0.1, 0.15) is 5.82 Å². The van der Waals surface area contributed by atoms with E-state index in [4.69, 9.17) is 0 Å². The average molecular weight is 335 g/mol. The van der Waals surface area contributed by atoms with Crippen LogP contribution in [-0.2, 0) is 19.3 Å². The van der Waals surface area contributed by atoms with Gasteiger partial charge in [-0.15, -0.1) is 0 Å². The van der Waals surface area contributed by atoms with Crippen LogP contribution in [0.5, 0.6) is 0 Å². The minimum absolute atomic E-state index is 0.301. The standard InChI is InChI=1S/C17H16BrFO/c18-16-10-14(19)6-7-15(16)17(20)9-11-4-5-12-2-1-3-13(12)8-11/h4-8,10,17,20H,1-3,9H2. The lowest BCUT2D eigenvalue weighted by atomic mass is 9.98. The van der Waals surface area contributed by atoms with Crippen LogP contribution in [0.15, 0.2) is 40.9 Å². The molecule has 1 unspecified atom stereocenters. The molecule has 2 aromatic rings. The molecule has 104 valence electrons. The Hall–Kier alpha value is -1.19. The largest absolute Gasteiger partial charge is 0.388 e. The molecule has 0 spiro atoms. The average Bonchev–Trinajstić information content (AvgIpc) is 2.85. The van der Waals surface area contributed by atoms with E-state index in [2.05, 4.69) is 34.1 Å². The molecule has 0 bridgehead atoms. The molecule has 0 radical (unpaired) electrons. The molecule has 1 aliphatic rings. The van der Waals surface area contributed by atoms with E-state index in [1.165, 1.54) is 36.1 Å². The Morgan fingerprint density at radius 3 is 2.70 bits per heavy atom. The summed E-state index contributed by atoms with van der Waals surface area (Å²) in [7, 11) is 0. The summed E-state index contributed by atoms with van der Waals surface area (Å²) in [4.78, 5) is 0. The second-order valence-corrected chi connectivity index (χ2v) is 6.20. The van der Waals surface area contributed by atoms with Crippen molar-refractivity contribution in [2.75, 3.05) is 0 Å². The third-order valence-corrected chi connectivity index (χ3v) is 4.60. The van der Waals surface area contributed by atoms with Gasteiger partial charge in [-0.2, -0.15) is 0 Å². The minimum atomic E-state index is -0.621.